The third-order valence-corrected chi connectivity index (χ3v) is 3.84. The highest BCUT2D eigenvalue weighted by atomic mass is 35.5. The van der Waals surface area contributed by atoms with Gasteiger partial charge in [-0.15, -0.1) is 0 Å². The lowest BCUT2D eigenvalue weighted by molar-refractivity contribution is 0.182. The average Bonchev–Trinajstić information content (AvgIpc) is 2.43. The molecule has 0 saturated carbocycles. The van der Waals surface area contributed by atoms with Gasteiger partial charge in [-0.2, -0.15) is 5.10 Å². The molecular formula is C13H21ClN4O2. The van der Waals surface area contributed by atoms with Gasteiger partial charge in [0, 0.05) is 19.2 Å². The van der Waals surface area contributed by atoms with Gasteiger partial charge in [0.25, 0.3) is 5.56 Å². The van der Waals surface area contributed by atoms with Crippen molar-refractivity contribution in [3.63, 3.8) is 0 Å². The Morgan fingerprint density at radius 3 is 3.15 bits per heavy atom. The molecule has 112 valence electrons. The van der Waals surface area contributed by atoms with Gasteiger partial charge in [-0.25, -0.2) is 4.68 Å². The third kappa shape index (κ3) is 3.71. The van der Waals surface area contributed by atoms with Crippen molar-refractivity contribution in [2.75, 3.05) is 25.6 Å². The smallest absolute Gasteiger partial charge is 0.287 e. The first kappa shape index (κ1) is 15.3. The Hall–Kier alpha value is -1.11. The molecule has 20 heavy (non-hydrogen) atoms. The molecule has 2 heterocycles. The van der Waals surface area contributed by atoms with Gasteiger partial charge in [0.05, 0.1) is 25.0 Å². The minimum atomic E-state index is -0.282. The highest BCUT2D eigenvalue weighted by Gasteiger charge is 2.19. The van der Waals surface area contributed by atoms with Crippen LogP contribution in [-0.2, 0) is 11.3 Å². The van der Waals surface area contributed by atoms with Crippen LogP contribution in [-0.4, -0.2) is 42.1 Å². The van der Waals surface area contributed by atoms with Crippen LogP contribution in [0.2, 0.25) is 5.02 Å². The molecule has 0 amide bonds. The molecule has 0 aromatic carbocycles. The number of ether oxygens (including phenoxy) is 1. The first-order valence-electron chi connectivity index (χ1n) is 6.86. The third-order valence-electron chi connectivity index (χ3n) is 3.48. The van der Waals surface area contributed by atoms with Crippen LogP contribution in [0, 0.1) is 0 Å². The Bertz CT molecular complexity index is 506. The van der Waals surface area contributed by atoms with E-state index in [2.05, 4.69) is 22.7 Å². The summed E-state index contributed by atoms with van der Waals surface area (Å²) in [4.78, 5) is 12.1. The molecule has 1 saturated heterocycles. The summed E-state index contributed by atoms with van der Waals surface area (Å²) in [6, 6.07) is 0.787. The van der Waals surface area contributed by atoms with Gasteiger partial charge in [0.2, 0.25) is 0 Å². The summed E-state index contributed by atoms with van der Waals surface area (Å²) in [5, 5.41) is 11.0. The second-order valence-corrected chi connectivity index (χ2v) is 5.49. The van der Waals surface area contributed by atoms with E-state index in [9.17, 15) is 4.79 Å². The number of methoxy groups -OCH3 is 1. The molecule has 0 aliphatic carbocycles. The van der Waals surface area contributed by atoms with Crippen molar-refractivity contribution < 1.29 is 4.74 Å². The topological polar surface area (TPSA) is 68.2 Å². The molecule has 1 aromatic rings. The lowest BCUT2D eigenvalue weighted by Gasteiger charge is -2.29. The van der Waals surface area contributed by atoms with E-state index in [1.807, 2.05) is 0 Å². The van der Waals surface area contributed by atoms with E-state index in [-0.39, 0.29) is 10.6 Å². The van der Waals surface area contributed by atoms with E-state index < -0.39 is 0 Å². The second-order valence-electron chi connectivity index (χ2n) is 5.11. The Kier molecular flexibility index (Phi) is 5.39. The zero-order chi connectivity index (χ0) is 14.5. The molecule has 2 rings (SSSR count). The van der Waals surface area contributed by atoms with E-state index in [0.717, 1.165) is 19.4 Å². The monoisotopic (exact) mass is 300 g/mol. The zero-order valence-electron chi connectivity index (χ0n) is 11.9. The molecule has 1 aromatic heterocycles. The van der Waals surface area contributed by atoms with Crippen LogP contribution in [0.1, 0.15) is 19.8 Å². The van der Waals surface area contributed by atoms with Crippen LogP contribution in [0.25, 0.3) is 0 Å². The Morgan fingerprint density at radius 2 is 2.45 bits per heavy atom. The maximum atomic E-state index is 12.1. The van der Waals surface area contributed by atoms with Gasteiger partial charge in [-0.05, 0) is 26.3 Å². The summed E-state index contributed by atoms with van der Waals surface area (Å²) in [7, 11) is 1.58. The quantitative estimate of drug-likeness (QED) is 0.852. The summed E-state index contributed by atoms with van der Waals surface area (Å²) in [5.41, 5.74) is 0.333. The number of hydrogen-bond acceptors (Lipinski definition) is 5. The summed E-state index contributed by atoms with van der Waals surface area (Å²) >= 11 is 6.14. The van der Waals surface area contributed by atoms with Gasteiger partial charge in [-0.3, -0.25) is 4.79 Å². The Morgan fingerprint density at radius 1 is 1.65 bits per heavy atom. The van der Waals surface area contributed by atoms with Crippen LogP contribution in [0.3, 0.4) is 0 Å². The van der Waals surface area contributed by atoms with Crippen molar-refractivity contribution in [3.8, 4) is 0 Å². The van der Waals surface area contributed by atoms with E-state index in [1.165, 1.54) is 4.68 Å². The number of nitrogens with zero attached hydrogens (tertiary/aromatic N) is 2. The maximum absolute atomic E-state index is 12.1. The van der Waals surface area contributed by atoms with Crippen molar-refractivity contribution in [2.24, 2.45) is 0 Å². The molecule has 6 nitrogen and oxygen atoms in total. The summed E-state index contributed by atoms with van der Waals surface area (Å²) in [5.74, 6) is 0. The van der Waals surface area contributed by atoms with Crippen LogP contribution in [0.15, 0.2) is 11.0 Å². The predicted molar refractivity (Wildman–Crippen MR) is 79.5 cm³/mol. The molecule has 0 spiro atoms. The van der Waals surface area contributed by atoms with Gasteiger partial charge < -0.3 is 15.4 Å². The normalized spacial score (nSPS) is 22.8. The highest BCUT2D eigenvalue weighted by molar-refractivity contribution is 6.32. The minimum absolute atomic E-state index is 0.197. The number of nitrogens with one attached hydrogen (secondary N) is 2. The lowest BCUT2D eigenvalue weighted by atomic mass is 10.0. The second kappa shape index (κ2) is 7.06. The number of rotatable bonds is 5. The number of hydrogen-bond donors (Lipinski definition) is 2. The first-order chi connectivity index (χ1) is 9.61. The van der Waals surface area contributed by atoms with Crippen LogP contribution >= 0.6 is 11.6 Å². The van der Waals surface area contributed by atoms with Gasteiger partial charge in [-0.1, -0.05) is 11.6 Å². The molecule has 1 fully saturated rings. The summed E-state index contributed by atoms with van der Waals surface area (Å²) in [6.45, 7) is 3.95. The van der Waals surface area contributed by atoms with Crippen molar-refractivity contribution in [2.45, 2.75) is 38.4 Å². The largest absolute Gasteiger partial charge is 0.383 e. The molecular weight excluding hydrogens is 280 g/mol. The first-order valence-corrected chi connectivity index (χ1v) is 7.24. The summed E-state index contributed by atoms with van der Waals surface area (Å²) in [6.07, 6.45) is 3.63. The van der Waals surface area contributed by atoms with Crippen LogP contribution < -0.4 is 16.2 Å². The van der Waals surface area contributed by atoms with Gasteiger partial charge in [0.1, 0.15) is 5.02 Å². The molecule has 0 bridgehead atoms. The van der Waals surface area contributed by atoms with Crippen molar-refractivity contribution >= 4 is 17.3 Å². The number of aromatic nitrogens is 2. The summed E-state index contributed by atoms with van der Waals surface area (Å²) < 4.78 is 6.26. The number of anilines is 1. The Labute approximate surface area is 123 Å². The van der Waals surface area contributed by atoms with E-state index in [0.29, 0.717) is 30.9 Å². The molecule has 2 atom stereocenters. The molecule has 2 N–H and O–H groups in total. The Balaban J connectivity index is 2.09. The minimum Gasteiger partial charge on any atom is -0.383 e. The van der Waals surface area contributed by atoms with Gasteiger partial charge >= 0.3 is 0 Å². The standard InChI is InChI=1S/C13H21ClN4O2/c1-9-7-10(3-4-15-9)17-11-8-16-18(5-6-20-2)13(19)12(11)14/h8-10,15,17H,3-7H2,1-2H3. The van der Waals surface area contributed by atoms with Crippen LogP contribution in [0.4, 0.5) is 5.69 Å². The number of piperidine rings is 1. The molecule has 7 heteroatoms. The zero-order valence-corrected chi connectivity index (χ0v) is 12.6. The van der Waals surface area contributed by atoms with Crippen LogP contribution in [0.5, 0.6) is 0 Å². The van der Waals surface area contributed by atoms with E-state index in [4.69, 9.17) is 16.3 Å². The fourth-order valence-corrected chi connectivity index (χ4v) is 2.59. The average molecular weight is 301 g/mol. The SMILES string of the molecule is COCCn1ncc(NC2CCNC(C)C2)c(Cl)c1=O. The van der Waals surface area contributed by atoms with E-state index in [1.54, 1.807) is 13.3 Å². The van der Waals surface area contributed by atoms with Gasteiger partial charge in [0.15, 0.2) is 0 Å². The van der Waals surface area contributed by atoms with E-state index >= 15 is 0 Å². The molecule has 2 unspecified atom stereocenters. The van der Waals surface area contributed by atoms with Crippen molar-refractivity contribution in [1.29, 1.82) is 0 Å². The molecule has 1 aliphatic rings. The molecule has 1 aliphatic heterocycles. The molecule has 0 radical (unpaired) electrons. The van der Waals surface area contributed by atoms with Crippen molar-refractivity contribution in [3.05, 3.63) is 21.6 Å². The fourth-order valence-electron chi connectivity index (χ4n) is 2.39. The number of halogens is 1. The highest BCUT2D eigenvalue weighted by Crippen LogP contribution is 2.20. The fraction of sp³-hybridized carbons (Fsp3) is 0.692. The lowest BCUT2D eigenvalue weighted by Crippen LogP contribution is -2.41. The predicted octanol–water partition coefficient (Wildman–Crippen LogP) is 1.10. The van der Waals surface area contributed by atoms with Crippen molar-refractivity contribution in [1.82, 2.24) is 15.1 Å². The maximum Gasteiger partial charge on any atom is 0.287 e.